The Morgan fingerprint density at radius 1 is 0.880 bits per heavy atom. The molecule has 0 aromatic heterocycles. The lowest BCUT2D eigenvalue weighted by Crippen LogP contribution is -2.50. The number of hydrogen-bond donors (Lipinski definition) is 3. The molecular weight excluding hydrogens is 316 g/mol. The highest BCUT2D eigenvalue weighted by Gasteiger charge is 2.39. The van der Waals surface area contributed by atoms with Crippen LogP contribution in [0.2, 0.25) is 0 Å². The summed E-state index contributed by atoms with van der Waals surface area (Å²) in [4.78, 5) is 24.8. The average Bonchev–Trinajstić information content (AvgIpc) is 2.59. The first-order valence-electron chi connectivity index (χ1n) is 8.16. The van der Waals surface area contributed by atoms with E-state index >= 15 is 0 Å². The topological polar surface area (TPSA) is 78.4 Å². The first-order chi connectivity index (χ1) is 11.7. The van der Waals surface area contributed by atoms with Gasteiger partial charge in [0.05, 0.1) is 6.54 Å². The van der Waals surface area contributed by atoms with Gasteiger partial charge in [-0.1, -0.05) is 60.7 Å². The highest BCUT2D eigenvalue weighted by atomic mass is 16.3. The molecule has 0 fully saturated rings. The molecule has 0 aliphatic rings. The Bertz CT molecular complexity index is 682. The lowest BCUT2D eigenvalue weighted by atomic mass is 9.85. The number of aliphatic hydroxyl groups is 1. The van der Waals surface area contributed by atoms with Crippen LogP contribution in [0, 0.1) is 0 Å². The van der Waals surface area contributed by atoms with Crippen LogP contribution in [0.15, 0.2) is 60.7 Å². The van der Waals surface area contributed by atoms with Crippen LogP contribution in [-0.4, -0.2) is 29.0 Å². The van der Waals surface area contributed by atoms with Crippen molar-refractivity contribution in [1.29, 1.82) is 0 Å². The number of amides is 2. The Morgan fingerprint density at radius 2 is 1.32 bits per heavy atom. The van der Waals surface area contributed by atoms with Gasteiger partial charge in [0.25, 0.3) is 5.91 Å². The zero-order chi connectivity index (χ0) is 18.5. The summed E-state index contributed by atoms with van der Waals surface area (Å²) in [6.07, 6.45) is 0. The lowest BCUT2D eigenvalue weighted by Gasteiger charge is -2.28. The molecule has 0 aliphatic carbocycles. The minimum atomic E-state index is -1.87. The fourth-order valence-electron chi connectivity index (χ4n) is 2.54. The second kappa shape index (κ2) is 7.49. The highest BCUT2D eigenvalue weighted by Crippen LogP contribution is 2.29. The number of benzene rings is 2. The molecular formula is C20H24N2O3. The van der Waals surface area contributed by atoms with Crippen molar-refractivity contribution in [2.75, 3.05) is 6.54 Å². The normalized spacial score (nSPS) is 11.7. The summed E-state index contributed by atoms with van der Waals surface area (Å²) in [5, 5.41) is 16.5. The van der Waals surface area contributed by atoms with E-state index in [1.807, 2.05) is 32.9 Å². The Morgan fingerprint density at radius 3 is 1.72 bits per heavy atom. The molecule has 3 N–H and O–H groups in total. The Balaban J connectivity index is 2.25. The fourth-order valence-corrected chi connectivity index (χ4v) is 2.54. The van der Waals surface area contributed by atoms with Crippen molar-refractivity contribution in [3.8, 4) is 0 Å². The van der Waals surface area contributed by atoms with Gasteiger partial charge in [0.15, 0.2) is 5.60 Å². The van der Waals surface area contributed by atoms with Gasteiger partial charge in [-0.2, -0.15) is 0 Å². The fraction of sp³-hybridized carbons (Fsp3) is 0.300. The number of nitrogens with one attached hydrogen (secondary N) is 2. The summed E-state index contributed by atoms with van der Waals surface area (Å²) < 4.78 is 0. The van der Waals surface area contributed by atoms with E-state index in [1.165, 1.54) is 0 Å². The monoisotopic (exact) mass is 340 g/mol. The van der Waals surface area contributed by atoms with E-state index < -0.39 is 17.0 Å². The molecule has 0 spiro atoms. The molecule has 5 heteroatoms. The molecule has 2 aromatic rings. The number of carbonyl (C=O) groups excluding carboxylic acids is 2. The zero-order valence-corrected chi connectivity index (χ0v) is 14.7. The van der Waals surface area contributed by atoms with Crippen molar-refractivity contribution in [3.05, 3.63) is 71.8 Å². The summed E-state index contributed by atoms with van der Waals surface area (Å²) in [7, 11) is 0. The molecule has 25 heavy (non-hydrogen) atoms. The first kappa shape index (κ1) is 18.7. The molecule has 0 bridgehead atoms. The molecule has 0 aliphatic heterocycles. The van der Waals surface area contributed by atoms with Gasteiger partial charge < -0.3 is 15.7 Å². The van der Waals surface area contributed by atoms with Crippen LogP contribution in [0.4, 0.5) is 0 Å². The molecule has 0 saturated carbocycles. The predicted molar refractivity (Wildman–Crippen MR) is 96.8 cm³/mol. The molecule has 2 amide bonds. The summed E-state index contributed by atoms with van der Waals surface area (Å²) in [6, 6.07) is 17.4. The van der Waals surface area contributed by atoms with Gasteiger partial charge in [-0.25, -0.2) is 0 Å². The lowest BCUT2D eigenvalue weighted by molar-refractivity contribution is -0.138. The van der Waals surface area contributed by atoms with E-state index in [-0.39, 0.29) is 12.5 Å². The minimum absolute atomic E-state index is 0.210. The van der Waals surface area contributed by atoms with Crippen molar-refractivity contribution < 1.29 is 14.7 Å². The van der Waals surface area contributed by atoms with Gasteiger partial charge in [0, 0.05) is 5.54 Å². The summed E-state index contributed by atoms with van der Waals surface area (Å²) >= 11 is 0. The summed E-state index contributed by atoms with van der Waals surface area (Å²) in [5.74, 6) is -0.960. The van der Waals surface area contributed by atoms with Gasteiger partial charge in [0.1, 0.15) is 0 Å². The standard InChI is InChI=1S/C20H24N2O3/c1-19(2,3)22-17(23)14-21-18(24)20(25,15-10-6-4-7-11-15)16-12-8-5-9-13-16/h4-13,25H,14H2,1-3H3,(H,21,24)(H,22,23). The molecule has 132 valence electrons. The second-order valence-corrected chi connectivity index (χ2v) is 6.92. The van der Waals surface area contributed by atoms with Gasteiger partial charge in [-0.05, 0) is 31.9 Å². The largest absolute Gasteiger partial charge is 0.372 e. The maximum atomic E-state index is 12.8. The van der Waals surface area contributed by atoms with Crippen molar-refractivity contribution in [2.24, 2.45) is 0 Å². The van der Waals surface area contributed by atoms with Crippen LogP contribution in [0.1, 0.15) is 31.9 Å². The molecule has 2 rings (SSSR count). The molecule has 0 atom stereocenters. The molecule has 0 heterocycles. The van der Waals surface area contributed by atoms with E-state index in [2.05, 4.69) is 10.6 Å². The Kier molecular flexibility index (Phi) is 5.59. The summed E-state index contributed by atoms with van der Waals surface area (Å²) in [6.45, 7) is 5.36. The molecule has 0 unspecified atom stereocenters. The van der Waals surface area contributed by atoms with E-state index in [9.17, 15) is 14.7 Å². The third-order valence-corrected chi connectivity index (χ3v) is 3.64. The highest BCUT2D eigenvalue weighted by molar-refractivity contribution is 5.93. The predicted octanol–water partition coefficient (Wildman–Crippen LogP) is 1.95. The zero-order valence-electron chi connectivity index (χ0n) is 14.7. The van der Waals surface area contributed by atoms with Crippen LogP contribution in [0.25, 0.3) is 0 Å². The molecule has 2 aromatic carbocycles. The SMILES string of the molecule is CC(C)(C)NC(=O)CNC(=O)C(O)(c1ccccc1)c1ccccc1. The van der Waals surface area contributed by atoms with Crippen molar-refractivity contribution >= 4 is 11.8 Å². The van der Waals surface area contributed by atoms with E-state index in [1.54, 1.807) is 48.5 Å². The Hall–Kier alpha value is -2.66. The van der Waals surface area contributed by atoms with Gasteiger partial charge in [-0.15, -0.1) is 0 Å². The Labute approximate surface area is 148 Å². The van der Waals surface area contributed by atoms with Gasteiger partial charge in [0.2, 0.25) is 5.91 Å². The van der Waals surface area contributed by atoms with Crippen LogP contribution < -0.4 is 10.6 Å². The van der Waals surface area contributed by atoms with Gasteiger partial charge in [-0.3, -0.25) is 9.59 Å². The molecule has 5 nitrogen and oxygen atoms in total. The number of carbonyl (C=O) groups is 2. The number of rotatable bonds is 5. The van der Waals surface area contributed by atoms with Crippen LogP contribution >= 0.6 is 0 Å². The third-order valence-electron chi connectivity index (χ3n) is 3.64. The smallest absolute Gasteiger partial charge is 0.261 e. The van der Waals surface area contributed by atoms with E-state index in [0.29, 0.717) is 11.1 Å². The van der Waals surface area contributed by atoms with Crippen LogP contribution in [0.5, 0.6) is 0 Å². The van der Waals surface area contributed by atoms with E-state index in [0.717, 1.165) is 0 Å². The van der Waals surface area contributed by atoms with Crippen molar-refractivity contribution in [3.63, 3.8) is 0 Å². The molecule has 0 radical (unpaired) electrons. The molecule has 0 saturated heterocycles. The van der Waals surface area contributed by atoms with Gasteiger partial charge >= 0.3 is 0 Å². The summed E-state index contributed by atoms with van der Waals surface area (Å²) in [5.41, 5.74) is -1.38. The second-order valence-electron chi connectivity index (χ2n) is 6.92. The number of hydrogen-bond acceptors (Lipinski definition) is 3. The quantitative estimate of drug-likeness (QED) is 0.778. The van der Waals surface area contributed by atoms with Crippen LogP contribution in [-0.2, 0) is 15.2 Å². The van der Waals surface area contributed by atoms with Crippen molar-refractivity contribution in [2.45, 2.75) is 31.9 Å². The van der Waals surface area contributed by atoms with Crippen LogP contribution in [0.3, 0.4) is 0 Å². The first-order valence-corrected chi connectivity index (χ1v) is 8.16. The van der Waals surface area contributed by atoms with E-state index in [4.69, 9.17) is 0 Å². The minimum Gasteiger partial charge on any atom is -0.372 e. The third kappa shape index (κ3) is 4.67. The average molecular weight is 340 g/mol. The van der Waals surface area contributed by atoms with Crippen molar-refractivity contribution in [1.82, 2.24) is 10.6 Å². The maximum absolute atomic E-state index is 12.8. The maximum Gasteiger partial charge on any atom is 0.261 e.